The van der Waals surface area contributed by atoms with Crippen LogP contribution in [-0.2, 0) is 11.0 Å². The summed E-state index contributed by atoms with van der Waals surface area (Å²) in [5.41, 5.74) is -0.743. The molecule has 1 saturated heterocycles. The Balaban J connectivity index is 0.00000288. The van der Waals surface area contributed by atoms with Gasteiger partial charge in [0.15, 0.2) is 0 Å². The molecular formula is C15H23Cl2F3N4O. The maximum absolute atomic E-state index is 12.5. The van der Waals surface area contributed by atoms with Crippen molar-refractivity contribution >= 4 is 36.5 Å². The summed E-state index contributed by atoms with van der Waals surface area (Å²) >= 11 is 0. The fourth-order valence-electron chi connectivity index (χ4n) is 2.53. The molecule has 1 amide bonds. The number of nitrogens with zero attached hydrogens (tertiary/aromatic N) is 2. The van der Waals surface area contributed by atoms with Crippen molar-refractivity contribution in [3.63, 3.8) is 0 Å². The molecule has 2 heterocycles. The normalized spacial score (nSPS) is 15.1. The van der Waals surface area contributed by atoms with Crippen LogP contribution in [0.25, 0.3) is 0 Å². The molecule has 25 heavy (non-hydrogen) atoms. The minimum absolute atomic E-state index is 0. The van der Waals surface area contributed by atoms with E-state index in [2.05, 4.69) is 15.6 Å². The van der Waals surface area contributed by atoms with E-state index in [4.69, 9.17) is 0 Å². The molecule has 1 aromatic rings. The van der Waals surface area contributed by atoms with Gasteiger partial charge in [-0.1, -0.05) is 0 Å². The minimum Gasteiger partial charge on any atom is -0.356 e. The summed E-state index contributed by atoms with van der Waals surface area (Å²) in [6.45, 7) is 1.96. The average molecular weight is 403 g/mol. The summed E-state index contributed by atoms with van der Waals surface area (Å²) in [7, 11) is 1.79. The molecule has 1 aromatic heterocycles. The summed E-state index contributed by atoms with van der Waals surface area (Å²) in [5.74, 6) is 0.559. The predicted octanol–water partition coefficient (Wildman–Crippen LogP) is 2.64. The Morgan fingerprint density at radius 1 is 1.28 bits per heavy atom. The van der Waals surface area contributed by atoms with E-state index in [1.165, 1.54) is 6.07 Å². The third-order valence-electron chi connectivity index (χ3n) is 3.86. The third kappa shape index (κ3) is 7.25. The van der Waals surface area contributed by atoms with Crippen molar-refractivity contribution in [2.75, 3.05) is 31.6 Å². The molecule has 0 aliphatic carbocycles. The number of rotatable bonds is 5. The molecule has 1 fully saturated rings. The number of hydrogen-bond acceptors (Lipinski definition) is 4. The smallest absolute Gasteiger partial charge is 0.356 e. The van der Waals surface area contributed by atoms with E-state index in [0.717, 1.165) is 25.1 Å². The van der Waals surface area contributed by atoms with E-state index >= 15 is 0 Å². The van der Waals surface area contributed by atoms with Gasteiger partial charge in [-0.3, -0.25) is 4.79 Å². The second-order valence-corrected chi connectivity index (χ2v) is 5.59. The number of halogens is 5. The Morgan fingerprint density at radius 3 is 2.40 bits per heavy atom. The molecule has 2 N–H and O–H groups in total. The van der Waals surface area contributed by atoms with Crippen LogP contribution in [0.1, 0.15) is 24.8 Å². The van der Waals surface area contributed by atoms with E-state index in [-0.39, 0.29) is 36.8 Å². The van der Waals surface area contributed by atoms with Gasteiger partial charge in [0.1, 0.15) is 5.82 Å². The number of aromatic nitrogens is 1. The van der Waals surface area contributed by atoms with E-state index in [0.29, 0.717) is 31.9 Å². The highest BCUT2D eigenvalue weighted by molar-refractivity contribution is 5.85. The van der Waals surface area contributed by atoms with Crippen LogP contribution in [0.5, 0.6) is 0 Å². The molecule has 5 nitrogen and oxygen atoms in total. The van der Waals surface area contributed by atoms with Crippen molar-refractivity contribution in [1.29, 1.82) is 0 Å². The summed E-state index contributed by atoms with van der Waals surface area (Å²) < 4.78 is 37.6. The van der Waals surface area contributed by atoms with Crippen molar-refractivity contribution in [3.8, 4) is 0 Å². The van der Waals surface area contributed by atoms with Crippen molar-refractivity contribution in [1.82, 2.24) is 15.6 Å². The molecule has 144 valence electrons. The van der Waals surface area contributed by atoms with Crippen molar-refractivity contribution in [3.05, 3.63) is 23.9 Å². The van der Waals surface area contributed by atoms with Gasteiger partial charge in [-0.2, -0.15) is 13.2 Å². The predicted molar refractivity (Wildman–Crippen MR) is 95.7 cm³/mol. The average Bonchev–Trinajstić information content (AvgIpc) is 2.53. The molecule has 0 spiro atoms. The lowest BCUT2D eigenvalue weighted by molar-refractivity contribution is -0.137. The van der Waals surface area contributed by atoms with Gasteiger partial charge < -0.3 is 15.5 Å². The van der Waals surface area contributed by atoms with Crippen LogP contribution in [0.15, 0.2) is 18.3 Å². The van der Waals surface area contributed by atoms with Gasteiger partial charge in [-0.05, 0) is 32.0 Å². The molecule has 0 bridgehead atoms. The second-order valence-electron chi connectivity index (χ2n) is 5.59. The van der Waals surface area contributed by atoms with E-state index in [1.807, 2.05) is 4.90 Å². The lowest BCUT2D eigenvalue weighted by Gasteiger charge is -2.33. The first-order chi connectivity index (χ1) is 10.9. The molecule has 10 heteroatoms. The fourth-order valence-corrected chi connectivity index (χ4v) is 2.53. The van der Waals surface area contributed by atoms with Gasteiger partial charge in [0.05, 0.1) is 5.56 Å². The van der Waals surface area contributed by atoms with E-state index < -0.39 is 11.7 Å². The first-order valence-corrected chi connectivity index (χ1v) is 7.62. The van der Waals surface area contributed by atoms with Gasteiger partial charge in [0.25, 0.3) is 0 Å². The first kappa shape index (κ1) is 23.8. The number of alkyl halides is 3. The third-order valence-corrected chi connectivity index (χ3v) is 3.86. The Bertz CT molecular complexity index is 521. The number of anilines is 1. The Labute approximate surface area is 157 Å². The number of amides is 1. The van der Waals surface area contributed by atoms with Crippen LogP contribution in [0, 0.1) is 0 Å². The number of carbonyl (C=O) groups excluding carboxylic acids is 1. The number of pyridine rings is 1. The van der Waals surface area contributed by atoms with Gasteiger partial charge in [-0.15, -0.1) is 24.8 Å². The number of carbonyl (C=O) groups is 1. The van der Waals surface area contributed by atoms with Gasteiger partial charge in [-0.25, -0.2) is 4.98 Å². The quantitative estimate of drug-likeness (QED) is 0.794. The monoisotopic (exact) mass is 402 g/mol. The Kier molecular flexibility index (Phi) is 10.1. The molecular weight excluding hydrogens is 380 g/mol. The lowest BCUT2D eigenvalue weighted by atomic mass is 10.0. The molecule has 2 rings (SSSR count). The van der Waals surface area contributed by atoms with Crippen molar-refractivity contribution in [2.45, 2.75) is 31.5 Å². The minimum atomic E-state index is -4.36. The highest BCUT2D eigenvalue weighted by Crippen LogP contribution is 2.29. The van der Waals surface area contributed by atoms with Crippen molar-refractivity contribution in [2.24, 2.45) is 0 Å². The van der Waals surface area contributed by atoms with Crippen LogP contribution in [-0.4, -0.2) is 43.6 Å². The standard InChI is InChI=1S/C15H21F3N4O.2ClH/c1-19-7-4-14(23)21-12-5-8-22(9-6-12)13-3-2-11(10-20-13)15(16,17)18;;/h2-3,10,12,19H,4-9H2,1H3,(H,21,23);2*1H. The van der Waals surface area contributed by atoms with E-state index in [1.54, 1.807) is 7.05 Å². The highest BCUT2D eigenvalue weighted by atomic mass is 35.5. The van der Waals surface area contributed by atoms with Crippen LogP contribution in [0.2, 0.25) is 0 Å². The van der Waals surface area contributed by atoms with Gasteiger partial charge in [0, 0.05) is 38.3 Å². The molecule has 0 unspecified atom stereocenters. The van der Waals surface area contributed by atoms with Crippen molar-refractivity contribution < 1.29 is 18.0 Å². The lowest BCUT2D eigenvalue weighted by Crippen LogP contribution is -2.45. The SMILES string of the molecule is CNCCC(=O)NC1CCN(c2ccc(C(F)(F)F)cn2)CC1.Cl.Cl. The highest BCUT2D eigenvalue weighted by Gasteiger charge is 2.31. The zero-order valence-electron chi connectivity index (χ0n) is 13.8. The summed E-state index contributed by atoms with van der Waals surface area (Å²) in [6, 6.07) is 2.56. The molecule has 1 aliphatic heterocycles. The second kappa shape index (κ2) is 10.7. The molecule has 0 radical (unpaired) electrons. The number of nitrogens with one attached hydrogen (secondary N) is 2. The topological polar surface area (TPSA) is 57.3 Å². The number of piperidine rings is 1. The van der Waals surface area contributed by atoms with Gasteiger partial charge in [0.2, 0.25) is 5.91 Å². The first-order valence-electron chi connectivity index (χ1n) is 7.62. The largest absolute Gasteiger partial charge is 0.417 e. The summed E-state index contributed by atoms with van der Waals surface area (Å²) in [4.78, 5) is 17.5. The number of hydrogen-bond donors (Lipinski definition) is 2. The Hall–Kier alpha value is -1.25. The molecule has 0 atom stereocenters. The Morgan fingerprint density at radius 2 is 1.92 bits per heavy atom. The van der Waals surface area contributed by atoms with Crippen LogP contribution in [0.4, 0.5) is 19.0 Å². The summed E-state index contributed by atoms with van der Waals surface area (Å²) in [5, 5.41) is 5.90. The van der Waals surface area contributed by atoms with Gasteiger partial charge >= 0.3 is 6.18 Å². The van der Waals surface area contributed by atoms with Crippen LogP contribution in [0.3, 0.4) is 0 Å². The fraction of sp³-hybridized carbons (Fsp3) is 0.600. The summed E-state index contributed by atoms with van der Waals surface area (Å²) in [6.07, 6.45) is -1.55. The maximum atomic E-state index is 12.5. The van der Waals surface area contributed by atoms with Crippen LogP contribution < -0.4 is 15.5 Å². The zero-order chi connectivity index (χ0) is 16.9. The maximum Gasteiger partial charge on any atom is 0.417 e. The zero-order valence-corrected chi connectivity index (χ0v) is 15.4. The van der Waals surface area contributed by atoms with Crippen LogP contribution >= 0.6 is 24.8 Å². The molecule has 0 aromatic carbocycles. The van der Waals surface area contributed by atoms with E-state index in [9.17, 15) is 18.0 Å². The molecule has 1 aliphatic rings. The molecule has 0 saturated carbocycles.